The lowest BCUT2D eigenvalue weighted by molar-refractivity contribution is -0.130. The first-order valence-electron chi connectivity index (χ1n) is 8.03. The van der Waals surface area contributed by atoms with Crippen molar-refractivity contribution in [2.24, 2.45) is 0 Å². The predicted octanol–water partition coefficient (Wildman–Crippen LogP) is 3.91. The van der Waals surface area contributed by atoms with E-state index in [0.29, 0.717) is 12.3 Å². The van der Waals surface area contributed by atoms with Crippen LogP contribution in [0, 0.1) is 0 Å². The Morgan fingerprint density at radius 2 is 1.77 bits per heavy atom. The largest absolute Gasteiger partial charge is 0.378 e. The fourth-order valence-corrected chi connectivity index (χ4v) is 3.71. The number of amides is 1. The highest BCUT2D eigenvalue weighted by molar-refractivity contribution is 5.79. The lowest BCUT2D eigenvalue weighted by atomic mass is 9.88. The van der Waals surface area contributed by atoms with Crippen LogP contribution in [0.1, 0.15) is 42.5 Å². The summed E-state index contributed by atoms with van der Waals surface area (Å²) < 4.78 is 0. The van der Waals surface area contributed by atoms with Crippen LogP contribution in [0.5, 0.6) is 0 Å². The van der Waals surface area contributed by atoms with Gasteiger partial charge in [-0.2, -0.15) is 0 Å². The molecule has 4 rings (SSSR count). The zero-order chi connectivity index (χ0) is 14.9. The molecule has 112 valence electrons. The quantitative estimate of drug-likeness (QED) is 0.910. The molecule has 2 aliphatic heterocycles. The van der Waals surface area contributed by atoms with Crippen LogP contribution >= 0.6 is 0 Å². The van der Waals surface area contributed by atoms with E-state index in [1.54, 1.807) is 0 Å². The maximum absolute atomic E-state index is 12.2. The van der Waals surface area contributed by atoms with Gasteiger partial charge in [-0.15, -0.1) is 0 Å². The van der Waals surface area contributed by atoms with Crippen molar-refractivity contribution in [3.63, 3.8) is 0 Å². The summed E-state index contributed by atoms with van der Waals surface area (Å²) in [5.41, 5.74) is 3.70. The molecular weight excluding hydrogens is 272 g/mol. The van der Waals surface area contributed by atoms with Crippen LogP contribution in [0.2, 0.25) is 0 Å². The van der Waals surface area contributed by atoms with Crippen LogP contribution < -0.4 is 5.32 Å². The van der Waals surface area contributed by atoms with E-state index in [-0.39, 0.29) is 12.1 Å². The first kappa shape index (κ1) is 13.4. The predicted molar refractivity (Wildman–Crippen MR) is 87.6 cm³/mol. The molecule has 2 atom stereocenters. The number of nitrogens with zero attached hydrogens (tertiary/aromatic N) is 1. The van der Waals surface area contributed by atoms with E-state index >= 15 is 0 Å². The number of rotatable bonds is 2. The van der Waals surface area contributed by atoms with Crippen molar-refractivity contribution in [2.45, 2.75) is 31.3 Å². The van der Waals surface area contributed by atoms with Gasteiger partial charge < -0.3 is 10.2 Å². The molecule has 2 aliphatic rings. The fourth-order valence-electron chi connectivity index (χ4n) is 3.71. The van der Waals surface area contributed by atoms with E-state index < -0.39 is 0 Å². The van der Waals surface area contributed by atoms with Crippen molar-refractivity contribution in [1.29, 1.82) is 0 Å². The van der Waals surface area contributed by atoms with Gasteiger partial charge in [0, 0.05) is 18.7 Å². The van der Waals surface area contributed by atoms with E-state index in [1.807, 2.05) is 6.07 Å². The van der Waals surface area contributed by atoms with E-state index in [1.165, 1.54) is 11.1 Å². The summed E-state index contributed by atoms with van der Waals surface area (Å²) in [5.74, 6) is 0.300. The highest BCUT2D eigenvalue weighted by Gasteiger charge is 2.35. The molecule has 0 saturated carbocycles. The van der Waals surface area contributed by atoms with Crippen molar-refractivity contribution >= 4 is 11.6 Å². The van der Waals surface area contributed by atoms with E-state index in [9.17, 15) is 4.79 Å². The maximum atomic E-state index is 12.2. The number of nitrogens with one attached hydrogen (secondary N) is 1. The van der Waals surface area contributed by atoms with E-state index in [0.717, 1.165) is 25.1 Å². The van der Waals surface area contributed by atoms with Crippen molar-refractivity contribution in [3.8, 4) is 0 Å². The number of para-hydroxylation sites is 1. The fraction of sp³-hybridized carbons (Fsp3) is 0.316. The number of carbonyl (C=O) groups excluding carboxylic acids is 1. The zero-order valence-electron chi connectivity index (χ0n) is 12.5. The Labute approximate surface area is 131 Å². The third kappa shape index (κ3) is 2.27. The van der Waals surface area contributed by atoms with Crippen LogP contribution in [0.4, 0.5) is 5.69 Å². The van der Waals surface area contributed by atoms with Gasteiger partial charge in [-0.05, 0) is 30.0 Å². The Hall–Kier alpha value is -2.29. The standard InChI is InChI=1S/C19H20N2O/c22-19-11-6-12-21(19)18-13-17(14-7-2-1-3-8-14)20-16-10-5-4-9-15(16)18/h1-5,7-10,17-18,20H,6,11-13H2. The zero-order valence-corrected chi connectivity index (χ0v) is 12.5. The van der Waals surface area contributed by atoms with Crippen LogP contribution in [0.25, 0.3) is 0 Å². The van der Waals surface area contributed by atoms with Gasteiger partial charge in [-0.1, -0.05) is 48.5 Å². The Kier molecular flexibility index (Phi) is 3.34. The first-order chi connectivity index (χ1) is 10.8. The van der Waals surface area contributed by atoms with Gasteiger partial charge in [-0.3, -0.25) is 4.79 Å². The number of hydrogen-bond acceptors (Lipinski definition) is 2. The molecule has 1 amide bonds. The number of benzene rings is 2. The van der Waals surface area contributed by atoms with E-state index in [2.05, 4.69) is 58.7 Å². The lowest BCUT2D eigenvalue weighted by Crippen LogP contribution is -2.35. The molecule has 1 N–H and O–H groups in total. The SMILES string of the molecule is O=C1CCCN1C1CC(c2ccccc2)Nc2ccccc21. The molecule has 2 unspecified atom stereocenters. The molecule has 2 aromatic carbocycles. The number of likely N-dealkylation sites (tertiary alicyclic amines) is 1. The average Bonchev–Trinajstić information content (AvgIpc) is 3.00. The third-order valence-corrected chi connectivity index (χ3v) is 4.80. The van der Waals surface area contributed by atoms with E-state index in [4.69, 9.17) is 0 Å². The van der Waals surface area contributed by atoms with Crippen LogP contribution in [0.15, 0.2) is 54.6 Å². The normalized spacial score (nSPS) is 24.0. The Morgan fingerprint density at radius 3 is 2.55 bits per heavy atom. The summed E-state index contributed by atoms with van der Waals surface area (Å²) in [6.07, 6.45) is 2.62. The number of anilines is 1. The molecule has 2 aromatic rings. The molecule has 1 fully saturated rings. The lowest BCUT2D eigenvalue weighted by Gasteiger charge is -2.38. The molecule has 1 saturated heterocycles. The van der Waals surface area contributed by atoms with Gasteiger partial charge in [0.05, 0.1) is 12.1 Å². The monoisotopic (exact) mass is 292 g/mol. The Morgan fingerprint density at radius 1 is 1.00 bits per heavy atom. The second-order valence-electron chi connectivity index (χ2n) is 6.14. The van der Waals surface area contributed by atoms with Gasteiger partial charge in [0.1, 0.15) is 0 Å². The minimum atomic E-state index is 0.192. The van der Waals surface area contributed by atoms with Crippen LogP contribution in [-0.4, -0.2) is 17.4 Å². The number of hydrogen-bond donors (Lipinski definition) is 1. The van der Waals surface area contributed by atoms with Crippen LogP contribution in [0.3, 0.4) is 0 Å². The number of carbonyl (C=O) groups is 1. The molecular formula is C19H20N2O. The average molecular weight is 292 g/mol. The molecule has 0 spiro atoms. The molecule has 0 aromatic heterocycles. The summed E-state index contributed by atoms with van der Waals surface area (Å²) >= 11 is 0. The molecule has 0 aliphatic carbocycles. The van der Waals surface area contributed by atoms with Gasteiger partial charge in [0.15, 0.2) is 0 Å². The van der Waals surface area contributed by atoms with Crippen molar-refractivity contribution < 1.29 is 4.79 Å². The molecule has 0 bridgehead atoms. The van der Waals surface area contributed by atoms with Gasteiger partial charge in [0.25, 0.3) is 0 Å². The summed E-state index contributed by atoms with van der Waals surface area (Å²) in [6.45, 7) is 0.888. The Balaban J connectivity index is 1.72. The Bertz CT molecular complexity index is 683. The summed E-state index contributed by atoms with van der Waals surface area (Å²) in [6, 6.07) is 19.4. The topological polar surface area (TPSA) is 32.3 Å². The van der Waals surface area contributed by atoms with Gasteiger partial charge in [-0.25, -0.2) is 0 Å². The van der Waals surface area contributed by atoms with Crippen LogP contribution in [-0.2, 0) is 4.79 Å². The minimum absolute atomic E-state index is 0.192. The van der Waals surface area contributed by atoms with Crippen molar-refractivity contribution in [3.05, 3.63) is 65.7 Å². The molecule has 3 heteroatoms. The van der Waals surface area contributed by atoms with Gasteiger partial charge >= 0.3 is 0 Å². The highest BCUT2D eigenvalue weighted by atomic mass is 16.2. The molecule has 22 heavy (non-hydrogen) atoms. The molecule has 0 radical (unpaired) electrons. The summed E-state index contributed by atoms with van der Waals surface area (Å²) in [7, 11) is 0. The smallest absolute Gasteiger partial charge is 0.223 e. The van der Waals surface area contributed by atoms with Crippen molar-refractivity contribution in [2.75, 3.05) is 11.9 Å². The molecule has 3 nitrogen and oxygen atoms in total. The third-order valence-electron chi connectivity index (χ3n) is 4.80. The minimum Gasteiger partial charge on any atom is -0.378 e. The second kappa shape index (κ2) is 5.48. The molecule has 2 heterocycles. The summed E-state index contributed by atoms with van der Waals surface area (Å²) in [5, 5.41) is 3.64. The first-order valence-corrected chi connectivity index (χ1v) is 8.03. The van der Waals surface area contributed by atoms with Gasteiger partial charge in [0.2, 0.25) is 5.91 Å². The summed E-state index contributed by atoms with van der Waals surface area (Å²) in [4.78, 5) is 14.3. The maximum Gasteiger partial charge on any atom is 0.223 e. The van der Waals surface area contributed by atoms with Crippen molar-refractivity contribution in [1.82, 2.24) is 4.90 Å². The highest BCUT2D eigenvalue weighted by Crippen LogP contribution is 2.43. The second-order valence-corrected chi connectivity index (χ2v) is 6.14. The number of fused-ring (bicyclic) bond motifs is 1.